The number of methoxy groups -OCH3 is 1. The fourth-order valence-electron chi connectivity index (χ4n) is 2.55. The number of aromatic nitrogens is 1. The minimum Gasteiger partial charge on any atom is -0.497 e. The van der Waals surface area contributed by atoms with E-state index in [1.807, 2.05) is 6.92 Å². The first-order chi connectivity index (χ1) is 12.9. The number of carbonyl (C=O) groups is 1. The smallest absolute Gasteiger partial charge is 0.261 e. The Bertz CT molecular complexity index is 1060. The van der Waals surface area contributed by atoms with Crippen LogP contribution in [0.15, 0.2) is 71.9 Å². The lowest BCUT2D eigenvalue weighted by atomic mass is 10.0. The first-order valence-electron chi connectivity index (χ1n) is 8.13. The molecule has 0 amide bonds. The summed E-state index contributed by atoms with van der Waals surface area (Å²) >= 11 is 0. The van der Waals surface area contributed by atoms with Crippen LogP contribution in [-0.2, 0) is 10.0 Å². The van der Waals surface area contributed by atoms with E-state index in [1.165, 1.54) is 25.4 Å². The lowest BCUT2D eigenvalue weighted by Gasteiger charge is -2.13. The van der Waals surface area contributed by atoms with Gasteiger partial charge in [-0.25, -0.2) is 8.42 Å². The van der Waals surface area contributed by atoms with E-state index in [0.29, 0.717) is 11.3 Å². The van der Waals surface area contributed by atoms with Crippen molar-refractivity contribution in [3.05, 3.63) is 83.7 Å². The maximum Gasteiger partial charge on any atom is 0.261 e. The van der Waals surface area contributed by atoms with E-state index < -0.39 is 10.0 Å². The van der Waals surface area contributed by atoms with Crippen LogP contribution in [0.5, 0.6) is 5.75 Å². The molecule has 3 rings (SSSR count). The Morgan fingerprint density at radius 3 is 2.44 bits per heavy atom. The van der Waals surface area contributed by atoms with Gasteiger partial charge in [-0.05, 0) is 55.5 Å². The molecule has 0 aliphatic heterocycles. The molecule has 0 aliphatic rings. The quantitative estimate of drug-likeness (QED) is 0.660. The van der Waals surface area contributed by atoms with Gasteiger partial charge in [-0.2, -0.15) is 0 Å². The van der Waals surface area contributed by atoms with Crippen LogP contribution in [-0.4, -0.2) is 26.3 Å². The minimum atomic E-state index is -3.86. The predicted molar refractivity (Wildman–Crippen MR) is 103 cm³/mol. The number of sulfonamides is 1. The van der Waals surface area contributed by atoms with Gasteiger partial charge >= 0.3 is 0 Å². The summed E-state index contributed by atoms with van der Waals surface area (Å²) in [4.78, 5) is 16.9. The molecule has 0 spiro atoms. The van der Waals surface area contributed by atoms with Gasteiger partial charge in [0.2, 0.25) is 0 Å². The van der Waals surface area contributed by atoms with Crippen molar-refractivity contribution < 1.29 is 17.9 Å². The molecule has 0 atom stereocenters. The zero-order valence-electron chi connectivity index (χ0n) is 14.8. The molecule has 0 aliphatic carbocycles. The van der Waals surface area contributed by atoms with E-state index in [9.17, 15) is 13.2 Å². The van der Waals surface area contributed by atoms with Crippen molar-refractivity contribution in [2.24, 2.45) is 0 Å². The van der Waals surface area contributed by atoms with Crippen molar-refractivity contribution in [3.63, 3.8) is 0 Å². The van der Waals surface area contributed by atoms with Crippen molar-refractivity contribution in [3.8, 4) is 5.75 Å². The van der Waals surface area contributed by atoms with Gasteiger partial charge in [-0.3, -0.25) is 14.5 Å². The highest BCUT2D eigenvalue weighted by molar-refractivity contribution is 7.92. The number of pyridine rings is 1. The highest BCUT2D eigenvalue weighted by Gasteiger charge is 2.20. The molecule has 6 nitrogen and oxygen atoms in total. The summed E-state index contributed by atoms with van der Waals surface area (Å²) in [5, 5.41) is 0. The van der Waals surface area contributed by atoms with Crippen LogP contribution < -0.4 is 9.46 Å². The molecular weight excluding hydrogens is 364 g/mol. The van der Waals surface area contributed by atoms with Crippen molar-refractivity contribution in [2.45, 2.75) is 11.8 Å². The van der Waals surface area contributed by atoms with Crippen LogP contribution in [0.2, 0.25) is 0 Å². The number of nitrogens with zero attached hydrogens (tertiary/aromatic N) is 1. The van der Waals surface area contributed by atoms with Gasteiger partial charge in [0.1, 0.15) is 5.75 Å². The highest BCUT2D eigenvalue weighted by Crippen LogP contribution is 2.25. The maximum absolute atomic E-state index is 12.8. The number of nitrogens with one attached hydrogen (secondary N) is 1. The van der Waals surface area contributed by atoms with Gasteiger partial charge < -0.3 is 4.74 Å². The number of hydrogen-bond donors (Lipinski definition) is 1. The molecule has 7 heteroatoms. The van der Waals surface area contributed by atoms with Crippen molar-refractivity contribution in [1.82, 2.24) is 4.98 Å². The van der Waals surface area contributed by atoms with Gasteiger partial charge in [0.05, 0.1) is 17.7 Å². The lowest BCUT2D eigenvalue weighted by Crippen LogP contribution is -2.16. The Morgan fingerprint density at radius 1 is 1.07 bits per heavy atom. The first kappa shape index (κ1) is 18.6. The average Bonchev–Trinajstić information content (AvgIpc) is 2.69. The standard InChI is InChI=1S/C20H18N2O4S/c1-14-5-10-19(18(12-14)20(23)15-4-3-11-21-13-15)22-27(24,25)17-8-6-16(26-2)7-9-17/h3-13,22H,1-2H3. The molecule has 0 bridgehead atoms. The molecule has 0 saturated carbocycles. The molecule has 1 heterocycles. The normalized spacial score (nSPS) is 11.0. The minimum absolute atomic E-state index is 0.0728. The summed E-state index contributed by atoms with van der Waals surface area (Å²) in [5.74, 6) is 0.246. The second-order valence-electron chi connectivity index (χ2n) is 5.90. The number of aryl methyl sites for hydroxylation is 1. The van der Waals surface area contributed by atoms with E-state index in [-0.39, 0.29) is 21.9 Å². The third-order valence-electron chi connectivity index (χ3n) is 3.96. The molecule has 0 fully saturated rings. The lowest BCUT2D eigenvalue weighted by molar-refractivity contribution is 0.103. The summed E-state index contributed by atoms with van der Waals surface area (Å²) < 4.78 is 33.0. The molecule has 27 heavy (non-hydrogen) atoms. The van der Waals surface area contributed by atoms with Crippen LogP contribution in [0.1, 0.15) is 21.5 Å². The second-order valence-corrected chi connectivity index (χ2v) is 7.58. The van der Waals surface area contributed by atoms with E-state index in [1.54, 1.807) is 48.7 Å². The Morgan fingerprint density at radius 2 is 1.81 bits per heavy atom. The van der Waals surface area contributed by atoms with Crippen LogP contribution >= 0.6 is 0 Å². The predicted octanol–water partition coefficient (Wildman–Crippen LogP) is 3.43. The first-order valence-corrected chi connectivity index (χ1v) is 9.61. The van der Waals surface area contributed by atoms with Crippen LogP contribution in [0.3, 0.4) is 0 Å². The number of ether oxygens (including phenoxy) is 1. The maximum atomic E-state index is 12.8. The van der Waals surface area contributed by atoms with E-state index >= 15 is 0 Å². The summed E-state index contributed by atoms with van der Waals surface area (Å²) in [6, 6.07) is 14.3. The zero-order valence-corrected chi connectivity index (χ0v) is 15.7. The summed E-state index contributed by atoms with van der Waals surface area (Å²) in [6.45, 7) is 1.84. The third-order valence-corrected chi connectivity index (χ3v) is 5.34. The average molecular weight is 382 g/mol. The largest absolute Gasteiger partial charge is 0.497 e. The fourth-order valence-corrected chi connectivity index (χ4v) is 3.63. The Hall–Kier alpha value is -3.19. The molecule has 138 valence electrons. The van der Waals surface area contributed by atoms with Crippen LogP contribution in [0.4, 0.5) is 5.69 Å². The molecule has 0 unspecified atom stereocenters. The second kappa shape index (κ2) is 7.59. The molecular formula is C20H18N2O4S. The zero-order chi connectivity index (χ0) is 19.4. The summed E-state index contributed by atoms with van der Waals surface area (Å²) in [6.07, 6.45) is 3.02. The number of anilines is 1. The molecule has 1 aromatic heterocycles. The van der Waals surface area contributed by atoms with E-state index in [2.05, 4.69) is 9.71 Å². The molecule has 3 aromatic rings. The number of ketones is 1. The van der Waals surface area contributed by atoms with Crippen molar-refractivity contribution in [2.75, 3.05) is 11.8 Å². The van der Waals surface area contributed by atoms with E-state index in [0.717, 1.165) is 5.56 Å². The monoisotopic (exact) mass is 382 g/mol. The van der Waals surface area contributed by atoms with Gasteiger partial charge in [-0.15, -0.1) is 0 Å². The number of hydrogen-bond acceptors (Lipinski definition) is 5. The number of carbonyl (C=O) groups excluding carboxylic acids is 1. The molecule has 1 N–H and O–H groups in total. The van der Waals surface area contributed by atoms with Crippen molar-refractivity contribution in [1.29, 1.82) is 0 Å². The van der Waals surface area contributed by atoms with E-state index in [4.69, 9.17) is 4.74 Å². The van der Waals surface area contributed by atoms with Crippen LogP contribution in [0, 0.1) is 6.92 Å². The van der Waals surface area contributed by atoms with Crippen LogP contribution in [0.25, 0.3) is 0 Å². The van der Waals surface area contributed by atoms with Gasteiger partial charge in [-0.1, -0.05) is 11.6 Å². The van der Waals surface area contributed by atoms with Gasteiger partial charge in [0.25, 0.3) is 10.0 Å². The Balaban J connectivity index is 1.98. The number of rotatable bonds is 6. The van der Waals surface area contributed by atoms with Gasteiger partial charge in [0.15, 0.2) is 5.78 Å². The Kier molecular flexibility index (Phi) is 5.23. The summed E-state index contributed by atoms with van der Waals surface area (Å²) in [5.41, 5.74) is 1.70. The molecule has 2 aromatic carbocycles. The fraction of sp³-hybridized carbons (Fsp3) is 0.100. The topological polar surface area (TPSA) is 85.4 Å². The highest BCUT2D eigenvalue weighted by atomic mass is 32.2. The summed E-state index contributed by atoms with van der Waals surface area (Å²) in [7, 11) is -2.36. The third kappa shape index (κ3) is 4.15. The molecule has 0 radical (unpaired) electrons. The molecule has 0 saturated heterocycles. The van der Waals surface area contributed by atoms with Crippen molar-refractivity contribution >= 4 is 21.5 Å². The van der Waals surface area contributed by atoms with Gasteiger partial charge in [0, 0.05) is 23.5 Å². The Labute approximate surface area is 157 Å². The SMILES string of the molecule is COc1ccc(S(=O)(=O)Nc2ccc(C)cc2C(=O)c2cccnc2)cc1. The number of benzene rings is 2.